The number of hydrogen-bond acceptors (Lipinski definition) is 4. The van der Waals surface area contributed by atoms with Crippen molar-refractivity contribution in [3.05, 3.63) is 70.9 Å². The number of carbonyl (C=O) groups excluding carboxylic acids is 1. The van der Waals surface area contributed by atoms with Gasteiger partial charge in [-0.25, -0.2) is 4.39 Å². The first-order valence-electron chi connectivity index (χ1n) is 7.90. The highest BCUT2D eigenvalue weighted by Gasteiger charge is 2.31. The lowest BCUT2D eigenvalue weighted by molar-refractivity contribution is -0.137. The molecule has 144 valence electrons. The molecular weight excluding hydrogens is 364 g/mol. The molecule has 0 fully saturated rings. The summed E-state index contributed by atoms with van der Waals surface area (Å²) in [5.41, 5.74) is 5.66. The van der Waals surface area contributed by atoms with Crippen molar-refractivity contribution in [2.75, 3.05) is 18.9 Å². The number of carbonyl (C=O) groups is 1. The largest absolute Gasteiger partial charge is 0.416 e. The average Bonchev–Trinajstić information content (AvgIpc) is 2.57. The highest BCUT2D eigenvalue weighted by molar-refractivity contribution is 5.92. The van der Waals surface area contributed by atoms with Crippen molar-refractivity contribution in [1.82, 2.24) is 10.3 Å². The van der Waals surface area contributed by atoms with Gasteiger partial charge >= 0.3 is 6.18 Å². The molecule has 0 saturated heterocycles. The maximum Gasteiger partial charge on any atom is 0.416 e. The van der Waals surface area contributed by atoms with E-state index in [0.29, 0.717) is 23.0 Å². The van der Waals surface area contributed by atoms with Gasteiger partial charge in [0.05, 0.1) is 5.56 Å². The molecule has 1 amide bonds. The van der Waals surface area contributed by atoms with E-state index in [4.69, 9.17) is 5.73 Å². The number of nitrogens with one attached hydrogen (secondary N) is 2. The number of likely N-dealkylation sites (N-methyl/N-ethyl adjacent to an activating group) is 1. The Morgan fingerprint density at radius 2 is 2.00 bits per heavy atom. The molecule has 5 nitrogen and oxygen atoms in total. The zero-order valence-electron chi connectivity index (χ0n) is 14.4. The monoisotopic (exact) mass is 382 g/mol. The summed E-state index contributed by atoms with van der Waals surface area (Å²) in [4.78, 5) is 15.4. The Labute approximate surface area is 153 Å². The van der Waals surface area contributed by atoms with Crippen molar-refractivity contribution in [3.8, 4) is 0 Å². The van der Waals surface area contributed by atoms with E-state index >= 15 is 0 Å². The van der Waals surface area contributed by atoms with Gasteiger partial charge < -0.3 is 16.4 Å². The molecule has 0 aliphatic rings. The number of alkyl halides is 3. The van der Waals surface area contributed by atoms with Gasteiger partial charge in [-0.2, -0.15) is 13.2 Å². The minimum absolute atomic E-state index is 0.0132. The molecule has 1 aromatic carbocycles. The number of pyridine rings is 1. The molecule has 4 N–H and O–H groups in total. The lowest BCUT2D eigenvalue weighted by Gasteiger charge is -2.10. The number of rotatable bonds is 7. The summed E-state index contributed by atoms with van der Waals surface area (Å²) in [6.45, 7) is 0.268. The molecular formula is C18H18F4N4O. The zero-order valence-corrected chi connectivity index (χ0v) is 14.4. The van der Waals surface area contributed by atoms with Gasteiger partial charge in [0.2, 0.25) is 5.91 Å². The van der Waals surface area contributed by atoms with Gasteiger partial charge in [0.15, 0.2) is 0 Å². The number of nitrogens with zero attached hydrogens (tertiary/aromatic N) is 1. The fourth-order valence-corrected chi connectivity index (χ4v) is 2.36. The second-order valence-corrected chi connectivity index (χ2v) is 5.77. The number of hydrogen-bond donors (Lipinski definition) is 3. The fourth-order valence-electron chi connectivity index (χ4n) is 2.36. The van der Waals surface area contributed by atoms with Gasteiger partial charge in [0, 0.05) is 42.3 Å². The third-order valence-electron chi connectivity index (χ3n) is 3.58. The summed E-state index contributed by atoms with van der Waals surface area (Å²) in [5.74, 6) is -1.55. The maximum absolute atomic E-state index is 13.5. The van der Waals surface area contributed by atoms with Crippen molar-refractivity contribution < 1.29 is 22.4 Å². The molecule has 27 heavy (non-hydrogen) atoms. The summed E-state index contributed by atoms with van der Waals surface area (Å²) in [6, 6.07) is 5.59. The molecule has 2 rings (SSSR count). The van der Waals surface area contributed by atoms with Gasteiger partial charge in [0.1, 0.15) is 5.82 Å². The van der Waals surface area contributed by atoms with Gasteiger partial charge in [-0.15, -0.1) is 0 Å². The van der Waals surface area contributed by atoms with Gasteiger partial charge in [0.25, 0.3) is 0 Å². The second-order valence-electron chi connectivity index (χ2n) is 5.77. The van der Waals surface area contributed by atoms with E-state index in [-0.39, 0.29) is 18.5 Å². The number of halogens is 4. The normalized spacial score (nSPS) is 12.1. The Hall–Kier alpha value is -2.94. The third kappa shape index (κ3) is 6.07. The predicted molar refractivity (Wildman–Crippen MR) is 93.3 cm³/mol. The van der Waals surface area contributed by atoms with Crippen LogP contribution in [0.4, 0.5) is 23.2 Å². The lowest BCUT2D eigenvalue weighted by atomic mass is 10.0. The van der Waals surface area contributed by atoms with Crippen molar-refractivity contribution >= 4 is 11.6 Å². The third-order valence-corrected chi connectivity index (χ3v) is 3.58. The summed E-state index contributed by atoms with van der Waals surface area (Å²) < 4.78 is 51.9. The first-order chi connectivity index (χ1) is 12.7. The minimum atomic E-state index is -4.63. The standard InChI is InChI=1S/C18H18F4N4O/c1-24-9-12(17(23)27)10-26-15-2-3-25-16(8-15)6-11-4-13(18(20,21)22)7-14(19)5-11/h2-5,7-8,10,24H,6,9H2,1H3,(H2,23,27)(H,25,26)/b12-10+. The average molecular weight is 382 g/mol. The number of anilines is 1. The number of primary amides is 1. The van der Waals surface area contributed by atoms with E-state index in [2.05, 4.69) is 15.6 Å². The Morgan fingerprint density at radius 3 is 2.63 bits per heavy atom. The number of benzene rings is 1. The molecule has 1 heterocycles. The Balaban J connectivity index is 2.20. The Kier molecular flexibility index (Phi) is 6.51. The van der Waals surface area contributed by atoms with Gasteiger partial charge in [-0.3, -0.25) is 9.78 Å². The van der Waals surface area contributed by atoms with Gasteiger partial charge in [-0.05, 0) is 42.9 Å². The van der Waals surface area contributed by atoms with E-state index in [0.717, 1.165) is 12.1 Å². The van der Waals surface area contributed by atoms with Crippen LogP contribution in [-0.4, -0.2) is 24.5 Å². The van der Waals surface area contributed by atoms with Crippen LogP contribution < -0.4 is 16.4 Å². The van der Waals surface area contributed by atoms with Gasteiger partial charge in [-0.1, -0.05) is 0 Å². The highest BCUT2D eigenvalue weighted by atomic mass is 19.4. The van der Waals surface area contributed by atoms with Crippen molar-refractivity contribution in [2.24, 2.45) is 5.73 Å². The van der Waals surface area contributed by atoms with E-state index in [1.165, 1.54) is 12.4 Å². The molecule has 1 aromatic heterocycles. The zero-order chi connectivity index (χ0) is 20.0. The Bertz CT molecular complexity index is 849. The van der Waals surface area contributed by atoms with Crippen LogP contribution in [0.5, 0.6) is 0 Å². The molecule has 2 aromatic rings. The van der Waals surface area contributed by atoms with Crippen LogP contribution in [0, 0.1) is 5.82 Å². The second kappa shape index (κ2) is 8.63. The van der Waals surface area contributed by atoms with E-state index in [1.54, 1.807) is 19.2 Å². The number of nitrogens with two attached hydrogens (primary N) is 1. The molecule has 0 aliphatic carbocycles. The van der Waals surface area contributed by atoms with Crippen LogP contribution in [0.15, 0.2) is 48.3 Å². The molecule has 0 saturated carbocycles. The van der Waals surface area contributed by atoms with Crippen molar-refractivity contribution in [3.63, 3.8) is 0 Å². The number of amides is 1. The van der Waals surface area contributed by atoms with Crippen molar-refractivity contribution in [1.29, 1.82) is 0 Å². The van der Waals surface area contributed by atoms with Crippen LogP contribution in [-0.2, 0) is 17.4 Å². The fraction of sp³-hybridized carbons (Fsp3) is 0.222. The number of aromatic nitrogens is 1. The lowest BCUT2D eigenvalue weighted by Crippen LogP contribution is -2.23. The summed E-state index contributed by atoms with van der Waals surface area (Å²) in [7, 11) is 1.66. The smallest absolute Gasteiger partial charge is 0.366 e. The van der Waals surface area contributed by atoms with E-state index in [1.807, 2.05) is 0 Å². The van der Waals surface area contributed by atoms with Crippen LogP contribution in [0.3, 0.4) is 0 Å². The van der Waals surface area contributed by atoms with Crippen LogP contribution in [0.25, 0.3) is 0 Å². The topological polar surface area (TPSA) is 80.0 Å². The summed E-state index contributed by atoms with van der Waals surface area (Å²) >= 11 is 0. The van der Waals surface area contributed by atoms with Crippen LogP contribution in [0.1, 0.15) is 16.8 Å². The molecule has 0 radical (unpaired) electrons. The van der Waals surface area contributed by atoms with E-state index < -0.39 is 23.5 Å². The van der Waals surface area contributed by atoms with Crippen LogP contribution in [0.2, 0.25) is 0 Å². The highest BCUT2D eigenvalue weighted by Crippen LogP contribution is 2.30. The first-order valence-corrected chi connectivity index (χ1v) is 7.90. The summed E-state index contributed by atoms with van der Waals surface area (Å²) in [5, 5.41) is 5.69. The van der Waals surface area contributed by atoms with Crippen LogP contribution >= 0.6 is 0 Å². The first kappa shape index (κ1) is 20.4. The molecule has 0 aliphatic heterocycles. The minimum Gasteiger partial charge on any atom is -0.366 e. The maximum atomic E-state index is 13.5. The SMILES string of the molecule is CNC/C(=C\Nc1ccnc(Cc2cc(F)cc(C(F)(F)F)c2)c1)C(N)=O. The van der Waals surface area contributed by atoms with E-state index in [9.17, 15) is 22.4 Å². The summed E-state index contributed by atoms with van der Waals surface area (Å²) in [6.07, 6.45) is -1.73. The molecule has 0 atom stereocenters. The Morgan fingerprint density at radius 1 is 1.26 bits per heavy atom. The molecule has 0 bridgehead atoms. The molecule has 0 unspecified atom stereocenters. The molecule has 0 spiro atoms. The van der Waals surface area contributed by atoms with Crippen molar-refractivity contribution in [2.45, 2.75) is 12.6 Å². The predicted octanol–water partition coefficient (Wildman–Crippen LogP) is 2.83. The quantitative estimate of drug-likeness (QED) is 0.508. The molecule has 9 heteroatoms.